The number of aromatic nitrogens is 2. The molecule has 0 aliphatic heterocycles. The van der Waals surface area contributed by atoms with Crippen LogP contribution in [0.5, 0.6) is 11.5 Å². The van der Waals surface area contributed by atoms with Gasteiger partial charge in [0.05, 0.1) is 18.3 Å². The molecule has 0 spiro atoms. The Morgan fingerprint density at radius 2 is 2.04 bits per heavy atom. The minimum absolute atomic E-state index is 0.0738. The lowest BCUT2D eigenvalue weighted by molar-refractivity contribution is 0.0796. The smallest absolute Gasteiger partial charge is 0.253 e. The average Bonchev–Trinajstić information content (AvgIpc) is 3.24. The van der Waals surface area contributed by atoms with Crippen molar-refractivity contribution in [3.63, 3.8) is 0 Å². The van der Waals surface area contributed by atoms with Gasteiger partial charge in [0.1, 0.15) is 6.61 Å². The van der Waals surface area contributed by atoms with Crippen molar-refractivity contribution in [2.75, 3.05) is 20.7 Å². The number of amides is 1. The maximum Gasteiger partial charge on any atom is 0.253 e. The molecule has 0 bridgehead atoms. The number of pyridine rings is 1. The lowest BCUT2D eigenvalue weighted by Crippen LogP contribution is -2.29. The summed E-state index contributed by atoms with van der Waals surface area (Å²) in [5.41, 5.74) is 4.13. The van der Waals surface area contributed by atoms with Crippen LogP contribution in [-0.4, -0.2) is 41.5 Å². The van der Waals surface area contributed by atoms with E-state index in [0.29, 0.717) is 36.6 Å². The Hall–Kier alpha value is -2.93. The molecule has 0 saturated carbocycles. The second kappa shape index (κ2) is 9.14. The molecule has 0 radical (unpaired) electrons. The topological polar surface area (TPSA) is 64.5 Å². The quantitative estimate of drug-likeness (QED) is 0.596. The van der Waals surface area contributed by atoms with Gasteiger partial charge in [0.15, 0.2) is 11.5 Å². The van der Waals surface area contributed by atoms with E-state index in [1.165, 1.54) is 11.3 Å². The van der Waals surface area contributed by atoms with Gasteiger partial charge >= 0.3 is 0 Å². The fourth-order valence-corrected chi connectivity index (χ4v) is 3.07. The maximum atomic E-state index is 12.7. The number of benzene rings is 1. The second-order valence-electron chi connectivity index (χ2n) is 5.93. The van der Waals surface area contributed by atoms with Crippen molar-refractivity contribution in [2.45, 2.75) is 13.0 Å². The fourth-order valence-electron chi connectivity index (χ4n) is 2.53. The summed E-state index contributed by atoms with van der Waals surface area (Å²) in [5.74, 6) is 1.03. The Kier molecular flexibility index (Phi) is 6.38. The molecular formula is C20H21N3O3S. The first-order chi connectivity index (χ1) is 13.2. The first-order valence-corrected chi connectivity index (χ1v) is 9.45. The monoisotopic (exact) mass is 383 g/mol. The lowest BCUT2D eigenvalue weighted by atomic mass is 10.1. The first kappa shape index (κ1) is 18.8. The van der Waals surface area contributed by atoms with Crippen LogP contribution >= 0.6 is 11.3 Å². The predicted molar refractivity (Wildman–Crippen MR) is 104 cm³/mol. The van der Waals surface area contributed by atoms with E-state index in [-0.39, 0.29) is 5.91 Å². The number of rotatable bonds is 8. The summed E-state index contributed by atoms with van der Waals surface area (Å²) >= 11 is 1.52. The van der Waals surface area contributed by atoms with Crippen molar-refractivity contribution < 1.29 is 14.3 Å². The zero-order valence-electron chi connectivity index (χ0n) is 15.3. The SMILES string of the molecule is COc1cc(C(=O)N(C)CCc2ccccn2)ccc1OCc1cscn1. The molecule has 0 unspecified atom stereocenters. The van der Waals surface area contributed by atoms with Gasteiger partial charge in [0, 0.05) is 42.8 Å². The molecule has 0 aliphatic rings. The van der Waals surface area contributed by atoms with Gasteiger partial charge < -0.3 is 14.4 Å². The van der Waals surface area contributed by atoms with E-state index in [1.54, 1.807) is 49.0 Å². The van der Waals surface area contributed by atoms with E-state index >= 15 is 0 Å². The minimum atomic E-state index is -0.0738. The largest absolute Gasteiger partial charge is 0.493 e. The predicted octanol–water partition coefficient (Wildman–Crippen LogP) is 3.44. The van der Waals surface area contributed by atoms with Crippen LogP contribution in [-0.2, 0) is 13.0 Å². The summed E-state index contributed by atoms with van der Waals surface area (Å²) in [6, 6.07) is 11.0. The summed E-state index contributed by atoms with van der Waals surface area (Å²) in [4.78, 5) is 22.8. The number of hydrogen-bond acceptors (Lipinski definition) is 6. The number of nitrogens with zero attached hydrogens (tertiary/aromatic N) is 3. The van der Waals surface area contributed by atoms with Crippen LogP contribution in [0.2, 0.25) is 0 Å². The molecule has 27 heavy (non-hydrogen) atoms. The highest BCUT2D eigenvalue weighted by Gasteiger charge is 2.15. The van der Waals surface area contributed by atoms with E-state index in [2.05, 4.69) is 9.97 Å². The Morgan fingerprint density at radius 1 is 1.15 bits per heavy atom. The van der Waals surface area contributed by atoms with Crippen LogP contribution in [0.3, 0.4) is 0 Å². The summed E-state index contributed by atoms with van der Waals surface area (Å²) < 4.78 is 11.2. The third-order valence-corrected chi connectivity index (χ3v) is 4.68. The van der Waals surface area contributed by atoms with Crippen LogP contribution in [0.25, 0.3) is 0 Å². The summed E-state index contributed by atoms with van der Waals surface area (Å²) in [6.45, 7) is 0.942. The zero-order chi connectivity index (χ0) is 19.1. The van der Waals surface area contributed by atoms with E-state index < -0.39 is 0 Å². The van der Waals surface area contributed by atoms with Gasteiger partial charge in [-0.2, -0.15) is 0 Å². The Labute approximate surface area is 162 Å². The van der Waals surface area contributed by atoms with Crippen molar-refractivity contribution in [1.29, 1.82) is 0 Å². The molecule has 3 aromatic rings. The number of thiazole rings is 1. The van der Waals surface area contributed by atoms with Crippen LogP contribution in [0.1, 0.15) is 21.7 Å². The van der Waals surface area contributed by atoms with E-state index in [0.717, 1.165) is 11.4 Å². The van der Waals surface area contributed by atoms with Crippen LogP contribution in [0.4, 0.5) is 0 Å². The summed E-state index contributed by atoms with van der Waals surface area (Å²) in [6.07, 6.45) is 2.46. The molecular weight excluding hydrogens is 362 g/mol. The molecule has 140 valence electrons. The molecule has 6 nitrogen and oxygen atoms in total. The van der Waals surface area contributed by atoms with Crippen molar-refractivity contribution >= 4 is 17.2 Å². The minimum Gasteiger partial charge on any atom is -0.493 e. The van der Waals surface area contributed by atoms with Gasteiger partial charge in [-0.1, -0.05) is 6.07 Å². The Balaban J connectivity index is 1.63. The number of carbonyl (C=O) groups is 1. The molecule has 1 amide bonds. The van der Waals surface area contributed by atoms with Crippen LogP contribution < -0.4 is 9.47 Å². The highest BCUT2D eigenvalue weighted by atomic mass is 32.1. The van der Waals surface area contributed by atoms with Gasteiger partial charge in [-0.05, 0) is 30.3 Å². The van der Waals surface area contributed by atoms with Gasteiger partial charge in [-0.3, -0.25) is 9.78 Å². The van der Waals surface area contributed by atoms with Gasteiger partial charge in [0.25, 0.3) is 5.91 Å². The van der Waals surface area contributed by atoms with Crippen LogP contribution in [0.15, 0.2) is 53.5 Å². The molecule has 0 aliphatic carbocycles. The third kappa shape index (κ3) is 5.04. The first-order valence-electron chi connectivity index (χ1n) is 8.50. The van der Waals surface area contributed by atoms with Crippen molar-refractivity contribution in [2.24, 2.45) is 0 Å². The molecule has 7 heteroatoms. The number of likely N-dealkylation sites (N-methyl/N-ethyl adjacent to an activating group) is 1. The van der Waals surface area contributed by atoms with Gasteiger partial charge in [-0.15, -0.1) is 11.3 Å². The molecule has 3 rings (SSSR count). The van der Waals surface area contributed by atoms with E-state index in [4.69, 9.17) is 9.47 Å². The highest BCUT2D eigenvalue weighted by Crippen LogP contribution is 2.29. The lowest BCUT2D eigenvalue weighted by Gasteiger charge is -2.18. The van der Waals surface area contributed by atoms with Crippen LogP contribution in [0, 0.1) is 0 Å². The van der Waals surface area contributed by atoms with Crippen molar-refractivity contribution in [3.05, 3.63) is 70.4 Å². The van der Waals surface area contributed by atoms with E-state index in [1.807, 2.05) is 23.6 Å². The second-order valence-corrected chi connectivity index (χ2v) is 6.65. The Morgan fingerprint density at radius 3 is 2.74 bits per heavy atom. The number of ether oxygens (including phenoxy) is 2. The third-order valence-electron chi connectivity index (χ3n) is 4.05. The molecule has 0 N–H and O–H groups in total. The fraction of sp³-hybridized carbons (Fsp3) is 0.250. The maximum absolute atomic E-state index is 12.7. The molecule has 2 heterocycles. The highest BCUT2D eigenvalue weighted by molar-refractivity contribution is 7.07. The molecule has 2 aromatic heterocycles. The molecule has 0 saturated heterocycles. The summed E-state index contributed by atoms with van der Waals surface area (Å²) in [7, 11) is 3.34. The Bertz CT molecular complexity index is 869. The average molecular weight is 383 g/mol. The molecule has 0 fully saturated rings. The van der Waals surface area contributed by atoms with Crippen molar-refractivity contribution in [1.82, 2.24) is 14.9 Å². The number of carbonyl (C=O) groups excluding carboxylic acids is 1. The number of methoxy groups -OCH3 is 1. The van der Waals surface area contributed by atoms with Crippen molar-refractivity contribution in [3.8, 4) is 11.5 Å². The standard InChI is InChI=1S/C20H21N3O3S/c1-23(10-8-16-5-3-4-9-21-16)20(24)15-6-7-18(19(11-15)25-2)26-12-17-13-27-14-22-17/h3-7,9,11,13-14H,8,10,12H2,1-2H3. The molecule has 0 atom stereocenters. The number of hydrogen-bond donors (Lipinski definition) is 0. The zero-order valence-corrected chi connectivity index (χ0v) is 16.1. The van der Waals surface area contributed by atoms with E-state index in [9.17, 15) is 4.79 Å². The molecule has 1 aromatic carbocycles. The van der Waals surface area contributed by atoms with Gasteiger partial charge in [-0.25, -0.2) is 4.98 Å². The normalized spacial score (nSPS) is 10.4. The van der Waals surface area contributed by atoms with Gasteiger partial charge in [0.2, 0.25) is 0 Å². The summed E-state index contributed by atoms with van der Waals surface area (Å²) in [5, 5.41) is 1.93.